The maximum atomic E-state index is 13.0. The highest BCUT2D eigenvalue weighted by molar-refractivity contribution is 7.94. The number of thiazole rings is 1. The number of aromatic nitrogens is 1. The van der Waals surface area contributed by atoms with E-state index in [4.69, 9.17) is 11.6 Å². The maximum absolute atomic E-state index is 13.0. The highest BCUT2D eigenvalue weighted by atomic mass is 35.5. The van der Waals surface area contributed by atoms with Gasteiger partial charge in [0.15, 0.2) is 20.3 Å². The molecule has 0 atom stereocenters. The molecule has 1 N–H and O–H groups in total. The van der Waals surface area contributed by atoms with E-state index in [9.17, 15) is 17.2 Å². The lowest BCUT2D eigenvalue weighted by Gasteiger charge is -2.06. The monoisotopic (exact) mass is 324 g/mol. The number of benzene rings is 1. The summed E-state index contributed by atoms with van der Waals surface area (Å²) in [6.45, 7) is 1.49. The van der Waals surface area contributed by atoms with Crippen LogP contribution in [0, 0.1) is 18.6 Å². The second-order valence-electron chi connectivity index (χ2n) is 3.57. The third kappa shape index (κ3) is 3.02. The fourth-order valence-electron chi connectivity index (χ4n) is 1.36. The van der Waals surface area contributed by atoms with E-state index in [0.717, 1.165) is 29.5 Å². The lowest BCUT2D eigenvalue weighted by molar-refractivity contribution is 0.509. The van der Waals surface area contributed by atoms with Gasteiger partial charge in [-0.15, -0.1) is 0 Å². The first kappa shape index (κ1) is 14.2. The highest BCUT2D eigenvalue weighted by Crippen LogP contribution is 2.28. The third-order valence-electron chi connectivity index (χ3n) is 2.14. The van der Waals surface area contributed by atoms with E-state index >= 15 is 0 Å². The molecule has 0 aliphatic carbocycles. The van der Waals surface area contributed by atoms with E-state index in [1.165, 1.54) is 6.92 Å². The molecule has 0 amide bonds. The number of nitrogens with zero attached hydrogens (tertiary/aromatic N) is 1. The third-order valence-corrected chi connectivity index (χ3v) is 5.40. The lowest BCUT2D eigenvalue weighted by atomic mass is 10.3. The minimum atomic E-state index is -3.92. The summed E-state index contributed by atoms with van der Waals surface area (Å²) in [6.07, 6.45) is 0. The van der Waals surface area contributed by atoms with Gasteiger partial charge >= 0.3 is 0 Å². The standard InChI is InChI=1S/C10H7ClF2N2O2S2/c1-5-9(18-10(11)14-5)19(16,17)15-6-2-3-7(12)8(13)4-6/h2-4,15H,1H3. The van der Waals surface area contributed by atoms with Crippen molar-refractivity contribution in [1.29, 1.82) is 0 Å². The minimum Gasteiger partial charge on any atom is -0.279 e. The van der Waals surface area contributed by atoms with Crippen LogP contribution in [0.25, 0.3) is 0 Å². The Labute approximate surface area is 117 Å². The van der Waals surface area contributed by atoms with Crippen molar-refractivity contribution in [2.24, 2.45) is 0 Å². The summed E-state index contributed by atoms with van der Waals surface area (Å²) in [6, 6.07) is 2.71. The maximum Gasteiger partial charge on any atom is 0.273 e. The van der Waals surface area contributed by atoms with Crippen LogP contribution in [-0.4, -0.2) is 13.4 Å². The molecule has 1 heterocycles. The van der Waals surface area contributed by atoms with E-state index < -0.39 is 21.7 Å². The summed E-state index contributed by atoms with van der Waals surface area (Å²) >= 11 is 6.41. The van der Waals surface area contributed by atoms with Crippen LogP contribution in [0.2, 0.25) is 4.47 Å². The van der Waals surface area contributed by atoms with Gasteiger partial charge < -0.3 is 0 Å². The van der Waals surface area contributed by atoms with Gasteiger partial charge in [0.05, 0.1) is 11.4 Å². The van der Waals surface area contributed by atoms with E-state index in [2.05, 4.69) is 9.71 Å². The van der Waals surface area contributed by atoms with E-state index in [0.29, 0.717) is 0 Å². The number of sulfonamides is 1. The zero-order chi connectivity index (χ0) is 14.2. The molecule has 4 nitrogen and oxygen atoms in total. The normalized spacial score (nSPS) is 11.6. The van der Waals surface area contributed by atoms with Gasteiger partial charge in [0.2, 0.25) is 0 Å². The van der Waals surface area contributed by atoms with Crippen molar-refractivity contribution in [3.8, 4) is 0 Å². The molecule has 102 valence electrons. The van der Waals surface area contributed by atoms with E-state index in [1.54, 1.807) is 0 Å². The number of hydrogen-bond acceptors (Lipinski definition) is 4. The quantitative estimate of drug-likeness (QED) is 0.943. The van der Waals surface area contributed by atoms with E-state index in [-0.39, 0.29) is 20.1 Å². The molecule has 1 aromatic carbocycles. The molecule has 0 saturated heterocycles. The average molecular weight is 325 g/mol. The van der Waals surface area contributed by atoms with E-state index in [1.807, 2.05) is 0 Å². The van der Waals surface area contributed by atoms with Gasteiger partial charge in [0, 0.05) is 6.07 Å². The van der Waals surface area contributed by atoms with Crippen LogP contribution in [0.4, 0.5) is 14.5 Å². The molecule has 0 saturated carbocycles. The van der Waals surface area contributed by atoms with Crippen molar-refractivity contribution in [2.75, 3.05) is 4.72 Å². The molecule has 0 unspecified atom stereocenters. The zero-order valence-electron chi connectivity index (χ0n) is 9.45. The number of hydrogen-bond donors (Lipinski definition) is 1. The number of nitrogens with one attached hydrogen (secondary N) is 1. The molecular weight excluding hydrogens is 318 g/mol. The Morgan fingerprint density at radius 2 is 2.00 bits per heavy atom. The predicted octanol–water partition coefficient (Wildman–Crippen LogP) is 3.18. The molecule has 1 aromatic heterocycles. The second kappa shape index (κ2) is 5.03. The first-order chi connectivity index (χ1) is 8.79. The molecule has 0 bridgehead atoms. The van der Waals surface area contributed by atoms with Gasteiger partial charge in [-0.05, 0) is 19.1 Å². The fraction of sp³-hybridized carbons (Fsp3) is 0.100. The van der Waals surface area contributed by atoms with Crippen LogP contribution in [-0.2, 0) is 10.0 Å². The first-order valence-electron chi connectivity index (χ1n) is 4.90. The molecule has 9 heteroatoms. The van der Waals surface area contributed by atoms with Crippen LogP contribution in [0.5, 0.6) is 0 Å². The SMILES string of the molecule is Cc1nc(Cl)sc1S(=O)(=O)Nc1ccc(F)c(F)c1. The average Bonchev–Trinajstić information content (AvgIpc) is 2.63. The van der Waals surface area contributed by atoms with Gasteiger partial charge in [-0.2, -0.15) is 0 Å². The largest absolute Gasteiger partial charge is 0.279 e. The summed E-state index contributed by atoms with van der Waals surface area (Å²) < 4.78 is 51.9. The van der Waals surface area contributed by atoms with Crippen molar-refractivity contribution in [1.82, 2.24) is 4.98 Å². The molecule has 19 heavy (non-hydrogen) atoms. The topological polar surface area (TPSA) is 59.1 Å². The van der Waals surface area contributed by atoms with Crippen LogP contribution >= 0.6 is 22.9 Å². The Morgan fingerprint density at radius 1 is 1.32 bits per heavy atom. The van der Waals surface area contributed by atoms with Gasteiger partial charge in [0.25, 0.3) is 10.0 Å². The van der Waals surface area contributed by atoms with Gasteiger partial charge in [0.1, 0.15) is 0 Å². The fourth-order valence-corrected chi connectivity index (χ4v) is 4.15. The Kier molecular flexibility index (Phi) is 3.75. The summed E-state index contributed by atoms with van der Waals surface area (Å²) in [5, 5.41) is 0. The predicted molar refractivity (Wildman–Crippen MR) is 69.0 cm³/mol. The Balaban J connectivity index is 2.36. The summed E-state index contributed by atoms with van der Waals surface area (Å²) in [5.74, 6) is -2.20. The van der Waals surface area contributed by atoms with Gasteiger partial charge in [-0.25, -0.2) is 22.2 Å². The molecule has 0 fully saturated rings. The van der Waals surface area contributed by atoms with Crippen LogP contribution in [0.15, 0.2) is 22.4 Å². The summed E-state index contributed by atoms with van der Waals surface area (Å²) in [5.41, 5.74) is 0.160. The summed E-state index contributed by atoms with van der Waals surface area (Å²) in [7, 11) is -3.92. The molecule has 2 aromatic rings. The number of halogens is 3. The highest BCUT2D eigenvalue weighted by Gasteiger charge is 2.21. The summed E-state index contributed by atoms with van der Waals surface area (Å²) in [4.78, 5) is 3.78. The molecule has 2 rings (SSSR count). The zero-order valence-corrected chi connectivity index (χ0v) is 11.8. The van der Waals surface area contributed by atoms with Crippen molar-refractivity contribution < 1.29 is 17.2 Å². The smallest absolute Gasteiger partial charge is 0.273 e. The number of aryl methyl sites for hydroxylation is 1. The van der Waals surface area contributed by atoms with Crippen molar-refractivity contribution in [3.05, 3.63) is 40.0 Å². The van der Waals surface area contributed by atoms with Gasteiger partial charge in [-0.3, -0.25) is 4.72 Å². The molecule has 0 aliphatic heterocycles. The Bertz CT molecular complexity index is 731. The Hall–Kier alpha value is -1.25. The minimum absolute atomic E-state index is 0.0674. The van der Waals surface area contributed by atoms with Crippen molar-refractivity contribution in [3.63, 3.8) is 0 Å². The molecular formula is C10H7ClF2N2O2S2. The van der Waals surface area contributed by atoms with Crippen LogP contribution in [0.1, 0.15) is 5.69 Å². The first-order valence-corrected chi connectivity index (χ1v) is 7.58. The van der Waals surface area contributed by atoms with Crippen molar-refractivity contribution in [2.45, 2.75) is 11.1 Å². The van der Waals surface area contributed by atoms with Crippen molar-refractivity contribution >= 4 is 38.6 Å². The number of rotatable bonds is 3. The molecule has 0 aliphatic rings. The number of anilines is 1. The second-order valence-corrected chi connectivity index (χ2v) is 7.03. The lowest BCUT2D eigenvalue weighted by Crippen LogP contribution is -2.13. The van der Waals surface area contributed by atoms with Gasteiger partial charge in [-0.1, -0.05) is 22.9 Å². The molecule has 0 spiro atoms. The van der Waals surface area contributed by atoms with Crippen LogP contribution in [0.3, 0.4) is 0 Å². The molecule has 0 radical (unpaired) electrons. The Morgan fingerprint density at radius 3 is 2.53 bits per heavy atom. The van der Waals surface area contributed by atoms with Crippen LogP contribution < -0.4 is 4.72 Å².